The zero-order valence-corrected chi connectivity index (χ0v) is 16.2. The number of benzene rings is 1. The van der Waals surface area contributed by atoms with E-state index in [-0.39, 0.29) is 17.8 Å². The molecule has 1 fully saturated rings. The van der Waals surface area contributed by atoms with Gasteiger partial charge < -0.3 is 10.6 Å². The summed E-state index contributed by atoms with van der Waals surface area (Å²) in [5.41, 5.74) is 6.82. The number of nitrogens with zero attached hydrogens (tertiary/aromatic N) is 2. The summed E-state index contributed by atoms with van der Waals surface area (Å²) in [7, 11) is 0. The van der Waals surface area contributed by atoms with Crippen molar-refractivity contribution in [3.8, 4) is 0 Å². The number of carbonyl (C=O) groups excluding carboxylic acids is 1. The van der Waals surface area contributed by atoms with Crippen molar-refractivity contribution < 1.29 is 4.79 Å². The average Bonchev–Trinajstić information content (AvgIpc) is 3.23. The number of hydrogen-bond acceptors (Lipinski definition) is 5. The van der Waals surface area contributed by atoms with Crippen LogP contribution >= 0.6 is 11.3 Å². The van der Waals surface area contributed by atoms with Crippen molar-refractivity contribution in [1.29, 1.82) is 5.41 Å². The van der Waals surface area contributed by atoms with Crippen molar-refractivity contribution in [3.05, 3.63) is 70.6 Å². The highest BCUT2D eigenvalue weighted by atomic mass is 32.1. The van der Waals surface area contributed by atoms with E-state index < -0.39 is 0 Å². The number of nitrogens with one attached hydrogen (secondary N) is 1. The van der Waals surface area contributed by atoms with Crippen molar-refractivity contribution in [2.75, 3.05) is 19.6 Å². The van der Waals surface area contributed by atoms with Gasteiger partial charge in [-0.1, -0.05) is 36.4 Å². The summed E-state index contributed by atoms with van der Waals surface area (Å²) < 4.78 is 0. The van der Waals surface area contributed by atoms with Crippen molar-refractivity contribution >= 4 is 23.1 Å². The summed E-state index contributed by atoms with van der Waals surface area (Å²) >= 11 is 1.41. The summed E-state index contributed by atoms with van der Waals surface area (Å²) in [6, 6.07) is 14.2. The number of piperidine rings is 1. The van der Waals surface area contributed by atoms with Crippen LogP contribution in [0.15, 0.2) is 60.1 Å². The zero-order valence-electron chi connectivity index (χ0n) is 15.4. The van der Waals surface area contributed by atoms with Gasteiger partial charge in [0.05, 0.1) is 4.88 Å². The molecule has 3 N–H and O–H groups in total. The number of likely N-dealkylation sites (tertiary alicyclic amines) is 1. The zero-order chi connectivity index (χ0) is 19.1. The molecule has 5 nitrogen and oxygen atoms in total. The summed E-state index contributed by atoms with van der Waals surface area (Å²) in [5.74, 6) is 0.0643. The van der Waals surface area contributed by atoms with Gasteiger partial charge >= 0.3 is 0 Å². The second kappa shape index (κ2) is 9.48. The second-order valence-corrected chi connectivity index (χ2v) is 7.65. The van der Waals surface area contributed by atoms with Crippen LogP contribution in [-0.4, -0.2) is 47.2 Å². The minimum atomic E-state index is -0.101. The lowest BCUT2D eigenvalue weighted by Gasteiger charge is -2.38. The number of carbonyl (C=O) groups is 1. The second-order valence-electron chi connectivity index (χ2n) is 6.71. The molecule has 6 heteroatoms. The maximum absolute atomic E-state index is 12.9. The van der Waals surface area contributed by atoms with Gasteiger partial charge in [0, 0.05) is 25.7 Å². The first-order valence-corrected chi connectivity index (χ1v) is 10.2. The molecule has 0 atom stereocenters. The Morgan fingerprint density at radius 2 is 1.96 bits per heavy atom. The van der Waals surface area contributed by atoms with Gasteiger partial charge in [0.2, 0.25) is 0 Å². The van der Waals surface area contributed by atoms with E-state index in [1.165, 1.54) is 29.2 Å². The van der Waals surface area contributed by atoms with Crippen LogP contribution in [0, 0.1) is 5.41 Å². The third-order valence-electron chi connectivity index (χ3n) is 4.95. The molecule has 0 spiro atoms. The largest absolute Gasteiger partial charge is 0.404 e. The minimum absolute atomic E-state index is 0.0382. The van der Waals surface area contributed by atoms with E-state index >= 15 is 0 Å². The highest BCUT2D eigenvalue weighted by Gasteiger charge is 2.30. The molecule has 1 aliphatic rings. The van der Waals surface area contributed by atoms with E-state index in [9.17, 15) is 4.79 Å². The van der Waals surface area contributed by atoms with E-state index in [4.69, 9.17) is 11.1 Å². The fourth-order valence-corrected chi connectivity index (χ4v) is 4.16. The van der Waals surface area contributed by atoms with E-state index in [2.05, 4.69) is 29.2 Å². The highest BCUT2D eigenvalue weighted by Crippen LogP contribution is 2.22. The molecule has 1 aromatic carbocycles. The third kappa shape index (κ3) is 5.05. The summed E-state index contributed by atoms with van der Waals surface area (Å²) in [6.45, 7) is 2.90. The quantitative estimate of drug-likeness (QED) is 0.594. The number of amides is 1. The molecule has 1 aliphatic heterocycles. The van der Waals surface area contributed by atoms with E-state index in [0.717, 1.165) is 38.9 Å². The Bertz CT molecular complexity index is 765. The van der Waals surface area contributed by atoms with Crippen molar-refractivity contribution in [3.63, 3.8) is 0 Å². The van der Waals surface area contributed by atoms with Crippen LogP contribution in [-0.2, 0) is 6.42 Å². The molecule has 0 radical (unpaired) electrons. The normalized spacial score (nSPS) is 15.9. The molecule has 0 saturated carbocycles. The van der Waals surface area contributed by atoms with Gasteiger partial charge in [-0.15, -0.1) is 11.3 Å². The molecule has 3 rings (SSSR count). The molecular weight excluding hydrogens is 356 g/mol. The molecular formula is C21H26N4OS. The van der Waals surface area contributed by atoms with Crippen LogP contribution in [0.3, 0.4) is 0 Å². The summed E-state index contributed by atoms with van der Waals surface area (Å²) in [5, 5.41) is 10.2. The Labute approximate surface area is 164 Å². The molecule has 0 aliphatic carbocycles. The van der Waals surface area contributed by atoms with Crippen LogP contribution in [0.5, 0.6) is 0 Å². The maximum Gasteiger partial charge on any atom is 0.269 e. The molecule has 0 bridgehead atoms. The third-order valence-corrected chi connectivity index (χ3v) is 5.80. The number of hydrogen-bond donors (Lipinski definition) is 2. The van der Waals surface area contributed by atoms with E-state index in [1.807, 2.05) is 23.6 Å². The van der Waals surface area contributed by atoms with Gasteiger partial charge in [0.25, 0.3) is 5.91 Å². The number of amidine groups is 1. The van der Waals surface area contributed by atoms with E-state index in [1.54, 1.807) is 4.90 Å². The molecule has 0 unspecified atom stereocenters. The van der Waals surface area contributed by atoms with Gasteiger partial charge in [-0.25, -0.2) is 0 Å². The van der Waals surface area contributed by atoms with E-state index in [0.29, 0.717) is 4.88 Å². The lowest BCUT2D eigenvalue weighted by Crippen LogP contribution is -2.49. The topological polar surface area (TPSA) is 73.4 Å². The van der Waals surface area contributed by atoms with Gasteiger partial charge in [-0.05, 0) is 48.5 Å². The number of nitrogens with two attached hydrogens (primary N) is 1. The van der Waals surface area contributed by atoms with Gasteiger partial charge in [-0.2, -0.15) is 0 Å². The number of thiophene rings is 1. The van der Waals surface area contributed by atoms with Crippen molar-refractivity contribution in [1.82, 2.24) is 9.80 Å². The predicted molar refractivity (Wildman–Crippen MR) is 111 cm³/mol. The Kier molecular flexibility index (Phi) is 6.79. The molecule has 1 saturated heterocycles. The Balaban J connectivity index is 1.60. The van der Waals surface area contributed by atoms with Gasteiger partial charge in [0.1, 0.15) is 5.84 Å². The van der Waals surface area contributed by atoms with Crippen molar-refractivity contribution in [2.45, 2.75) is 25.3 Å². The Hall–Kier alpha value is -2.44. The standard InChI is InChI=1S/C21H26N4OS/c22-12-8-20(23)25(21(26)19-7-4-16-27-19)18-10-14-24(15-11-18)13-9-17-5-2-1-3-6-17/h1-8,12,16,18,23H,9-11,13-15,22H2/b12-8-,23-20?. The lowest BCUT2D eigenvalue weighted by atomic mass is 10.0. The molecule has 2 aromatic rings. The maximum atomic E-state index is 12.9. The van der Waals surface area contributed by atoms with Crippen LogP contribution in [0.2, 0.25) is 0 Å². The fourth-order valence-electron chi connectivity index (χ4n) is 3.50. The lowest BCUT2D eigenvalue weighted by molar-refractivity contribution is 0.0740. The van der Waals surface area contributed by atoms with Crippen molar-refractivity contribution in [2.24, 2.45) is 5.73 Å². The first-order valence-electron chi connectivity index (χ1n) is 9.29. The predicted octanol–water partition coefficient (Wildman–Crippen LogP) is 3.35. The Morgan fingerprint density at radius 1 is 1.22 bits per heavy atom. The molecule has 2 heterocycles. The van der Waals surface area contributed by atoms with Gasteiger partial charge in [0.15, 0.2) is 0 Å². The number of rotatable bonds is 6. The minimum Gasteiger partial charge on any atom is -0.404 e. The summed E-state index contributed by atoms with van der Waals surface area (Å²) in [4.78, 5) is 17.6. The molecule has 142 valence electrons. The smallest absolute Gasteiger partial charge is 0.269 e. The summed E-state index contributed by atoms with van der Waals surface area (Å²) in [6.07, 6.45) is 5.59. The first-order chi connectivity index (χ1) is 13.2. The first kappa shape index (κ1) is 19.3. The average molecular weight is 383 g/mol. The Morgan fingerprint density at radius 3 is 2.59 bits per heavy atom. The van der Waals surface area contributed by atoms with Crippen LogP contribution < -0.4 is 5.73 Å². The molecule has 1 aromatic heterocycles. The van der Waals surface area contributed by atoms with Gasteiger partial charge in [-0.3, -0.25) is 15.1 Å². The SMILES string of the molecule is N=C(/C=C\N)N(C(=O)c1cccs1)C1CCN(CCc2ccccc2)CC1. The van der Waals surface area contributed by atoms with Crippen LogP contribution in [0.4, 0.5) is 0 Å². The fraction of sp³-hybridized carbons (Fsp3) is 0.333. The molecule has 27 heavy (non-hydrogen) atoms. The monoisotopic (exact) mass is 382 g/mol. The van der Waals surface area contributed by atoms with Crippen LogP contribution in [0.25, 0.3) is 0 Å². The highest BCUT2D eigenvalue weighted by molar-refractivity contribution is 7.12. The van der Waals surface area contributed by atoms with Crippen LogP contribution in [0.1, 0.15) is 28.1 Å². The molecule has 1 amide bonds.